The topological polar surface area (TPSA) is 83.7 Å². The van der Waals surface area contributed by atoms with Gasteiger partial charge in [-0.25, -0.2) is 4.99 Å². The lowest BCUT2D eigenvalue weighted by atomic mass is 10.1. The van der Waals surface area contributed by atoms with Crippen LogP contribution >= 0.6 is 27.7 Å². The second-order valence-electron chi connectivity index (χ2n) is 7.81. The fourth-order valence-electron chi connectivity index (χ4n) is 3.50. The summed E-state index contributed by atoms with van der Waals surface area (Å²) >= 11 is 4.88. The Labute approximate surface area is 223 Å². The van der Waals surface area contributed by atoms with Gasteiger partial charge in [-0.05, 0) is 72.6 Å². The summed E-state index contributed by atoms with van der Waals surface area (Å²) < 4.78 is 12.6. The van der Waals surface area contributed by atoms with Crippen molar-refractivity contribution in [1.82, 2.24) is 5.32 Å². The van der Waals surface area contributed by atoms with E-state index in [1.807, 2.05) is 61.5 Å². The van der Waals surface area contributed by atoms with Gasteiger partial charge in [-0.15, -0.1) is 0 Å². The predicted molar refractivity (Wildman–Crippen MR) is 147 cm³/mol. The van der Waals surface area contributed by atoms with E-state index in [9.17, 15) is 10.1 Å². The largest absolute Gasteiger partial charge is 0.490 e. The highest BCUT2D eigenvalue weighted by molar-refractivity contribution is 9.10. The number of halogens is 1. The Morgan fingerprint density at radius 1 is 1.08 bits per heavy atom. The molecule has 0 radical (unpaired) electrons. The number of nitrogens with one attached hydrogen (secondary N) is 1. The van der Waals surface area contributed by atoms with Gasteiger partial charge in [0.2, 0.25) is 0 Å². The normalized spacial score (nSPS) is 15.1. The summed E-state index contributed by atoms with van der Waals surface area (Å²) in [5.74, 6) is 0.887. The zero-order chi connectivity index (χ0) is 25.5. The minimum atomic E-state index is -0.206. The molecule has 8 heteroatoms. The Hall–Kier alpha value is -3.54. The summed E-state index contributed by atoms with van der Waals surface area (Å²) in [7, 11) is 0. The van der Waals surface area contributed by atoms with Gasteiger partial charge in [-0.3, -0.25) is 4.79 Å². The molecule has 0 saturated carbocycles. The number of nitriles is 1. The average Bonchev–Trinajstić information content (AvgIpc) is 3.23. The molecule has 6 nitrogen and oxygen atoms in total. The van der Waals surface area contributed by atoms with E-state index in [0.717, 1.165) is 27.7 Å². The van der Waals surface area contributed by atoms with Gasteiger partial charge in [0.1, 0.15) is 6.61 Å². The minimum absolute atomic E-state index is 0.206. The molecule has 3 aromatic rings. The Kier molecular flexibility index (Phi) is 8.47. The second-order valence-corrected chi connectivity index (χ2v) is 9.70. The van der Waals surface area contributed by atoms with Crippen molar-refractivity contribution in [2.24, 2.45) is 4.99 Å². The second kappa shape index (κ2) is 11.9. The number of aliphatic imine (C=N–C) groups is 1. The van der Waals surface area contributed by atoms with Crippen LogP contribution in [0.5, 0.6) is 11.5 Å². The predicted octanol–water partition coefficient (Wildman–Crippen LogP) is 6.75. The van der Waals surface area contributed by atoms with Gasteiger partial charge < -0.3 is 14.8 Å². The van der Waals surface area contributed by atoms with Crippen LogP contribution in [0.2, 0.25) is 0 Å². The summed E-state index contributed by atoms with van der Waals surface area (Å²) in [6.45, 7) is 4.68. The van der Waals surface area contributed by atoms with Crippen molar-refractivity contribution in [3.63, 3.8) is 0 Å². The van der Waals surface area contributed by atoms with Gasteiger partial charge in [0.05, 0.1) is 28.8 Å². The third kappa shape index (κ3) is 6.17. The molecule has 0 unspecified atom stereocenters. The van der Waals surface area contributed by atoms with E-state index < -0.39 is 0 Å². The molecular weight excluding hydrogens is 538 g/mol. The summed E-state index contributed by atoms with van der Waals surface area (Å²) in [5, 5.41) is 12.7. The van der Waals surface area contributed by atoms with Crippen LogP contribution in [0.4, 0.5) is 5.69 Å². The fraction of sp³-hybridized carbons (Fsp3) is 0.179. The van der Waals surface area contributed by atoms with Gasteiger partial charge in [0, 0.05) is 10.0 Å². The van der Waals surface area contributed by atoms with E-state index >= 15 is 0 Å². The number of rotatable bonds is 8. The number of amides is 1. The third-order valence-electron chi connectivity index (χ3n) is 5.40. The van der Waals surface area contributed by atoms with Crippen LogP contribution in [0.1, 0.15) is 36.1 Å². The molecule has 1 fully saturated rings. The van der Waals surface area contributed by atoms with Crippen LogP contribution < -0.4 is 14.8 Å². The van der Waals surface area contributed by atoms with Crippen LogP contribution in [0, 0.1) is 11.3 Å². The maximum absolute atomic E-state index is 12.6. The van der Waals surface area contributed by atoms with Crippen LogP contribution in [0.3, 0.4) is 0 Å². The standard InChI is InChI=1S/C28H24BrN3O3S/c1-3-18-9-11-22(12-10-18)31-28-32-27(33)26(36-28)14-21-13-24(34-4-2)25(15-23(21)29)35-17-20-8-6-5-7-19(20)16-30/h5-15H,3-4,17H2,1-2H3,(H,31,32,33)/b26-14-. The number of benzene rings is 3. The van der Waals surface area contributed by atoms with Crippen LogP contribution in [-0.4, -0.2) is 17.7 Å². The molecule has 36 heavy (non-hydrogen) atoms. The molecule has 0 bridgehead atoms. The molecule has 1 saturated heterocycles. The fourth-order valence-corrected chi connectivity index (χ4v) is 4.77. The van der Waals surface area contributed by atoms with Gasteiger partial charge >= 0.3 is 0 Å². The Morgan fingerprint density at radius 3 is 2.56 bits per heavy atom. The van der Waals surface area contributed by atoms with Crippen LogP contribution in [0.25, 0.3) is 6.08 Å². The number of hydrogen-bond acceptors (Lipinski definition) is 6. The zero-order valence-corrected chi connectivity index (χ0v) is 22.3. The van der Waals surface area contributed by atoms with E-state index in [1.54, 1.807) is 12.1 Å². The van der Waals surface area contributed by atoms with Gasteiger partial charge in [-0.1, -0.05) is 53.2 Å². The molecule has 1 amide bonds. The summed E-state index contributed by atoms with van der Waals surface area (Å²) in [6.07, 6.45) is 2.76. The SMILES string of the molecule is CCOc1cc(/C=C2\SC(=Nc3ccc(CC)cc3)NC2=O)c(Br)cc1OCc1ccccc1C#N. The molecule has 0 aromatic heterocycles. The number of amidine groups is 1. The first-order valence-corrected chi connectivity index (χ1v) is 13.1. The van der Waals surface area contributed by atoms with Crippen molar-refractivity contribution in [3.05, 3.63) is 92.3 Å². The highest BCUT2D eigenvalue weighted by Gasteiger charge is 2.24. The summed E-state index contributed by atoms with van der Waals surface area (Å²) in [4.78, 5) is 17.7. The summed E-state index contributed by atoms with van der Waals surface area (Å²) in [5.41, 5.74) is 4.16. The van der Waals surface area contributed by atoms with Crippen molar-refractivity contribution in [1.29, 1.82) is 5.26 Å². The Morgan fingerprint density at radius 2 is 1.83 bits per heavy atom. The number of carbonyl (C=O) groups excluding carboxylic acids is 1. The average molecular weight is 562 g/mol. The first kappa shape index (κ1) is 25.5. The number of nitrogens with zero attached hydrogens (tertiary/aromatic N) is 2. The summed E-state index contributed by atoms with van der Waals surface area (Å²) in [6, 6.07) is 21.1. The lowest BCUT2D eigenvalue weighted by molar-refractivity contribution is -0.115. The van der Waals surface area contributed by atoms with Crippen molar-refractivity contribution in [2.45, 2.75) is 26.9 Å². The van der Waals surface area contributed by atoms with Crippen molar-refractivity contribution >= 4 is 50.5 Å². The lowest BCUT2D eigenvalue weighted by Crippen LogP contribution is -2.19. The smallest absolute Gasteiger partial charge is 0.264 e. The molecule has 3 aromatic carbocycles. The molecule has 0 atom stereocenters. The van der Waals surface area contributed by atoms with Gasteiger partial charge in [0.15, 0.2) is 16.7 Å². The van der Waals surface area contributed by atoms with E-state index in [1.165, 1.54) is 17.3 Å². The molecule has 1 aliphatic heterocycles. The number of hydrogen-bond donors (Lipinski definition) is 1. The molecular formula is C28H24BrN3O3S. The quantitative estimate of drug-likeness (QED) is 0.307. The highest BCUT2D eigenvalue weighted by Crippen LogP contribution is 2.37. The van der Waals surface area contributed by atoms with Crippen molar-refractivity contribution < 1.29 is 14.3 Å². The highest BCUT2D eigenvalue weighted by atomic mass is 79.9. The van der Waals surface area contributed by atoms with Gasteiger partial charge in [-0.2, -0.15) is 5.26 Å². The number of carbonyl (C=O) groups is 1. The van der Waals surface area contributed by atoms with Crippen molar-refractivity contribution in [2.75, 3.05) is 6.61 Å². The molecule has 182 valence electrons. The molecule has 0 aliphatic carbocycles. The molecule has 1 N–H and O–H groups in total. The maximum Gasteiger partial charge on any atom is 0.264 e. The minimum Gasteiger partial charge on any atom is -0.490 e. The Balaban J connectivity index is 1.55. The molecule has 1 heterocycles. The number of thioether (sulfide) groups is 1. The van der Waals surface area contributed by atoms with E-state index in [-0.39, 0.29) is 12.5 Å². The van der Waals surface area contributed by atoms with Crippen molar-refractivity contribution in [3.8, 4) is 17.6 Å². The lowest BCUT2D eigenvalue weighted by Gasteiger charge is -2.14. The number of aryl methyl sites for hydroxylation is 1. The van der Waals surface area contributed by atoms with Crippen LogP contribution in [0.15, 0.2) is 75.0 Å². The Bertz CT molecular complexity index is 1380. The first-order chi connectivity index (χ1) is 17.5. The van der Waals surface area contributed by atoms with E-state index in [0.29, 0.717) is 33.7 Å². The molecule has 1 aliphatic rings. The molecule has 0 spiro atoms. The monoisotopic (exact) mass is 561 g/mol. The van der Waals surface area contributed by atoms with Gasteiger partial charge in [0.25, 0.3) is 5.91 Å². The van der Waals surface area contributed by atoms with E-state index in [4.69, 9.17) is 9.47 Å². The maximum atomic E-state index is 12.6. The van der Waals surface area contributed by atoms with E-state index in [2.05, 4.69) is 39.2 Å². The third-order valence-corrected chi connectivity index (χ3v) is 6.99. The molecule has 4 rings (SSSR count). The zero-order valence-electron chi connectivity index (χ0n) is 19.9. The number of ether oxygens (including phenoxy) is 2. The first-order valence-electron chi connectivity index (χ1n) is 11.5. The van der Waals surface area contributed by atoms with Crippen LogP contribution in [-0.2, 0) is 17.8 Å².